The lowest BCUT2D eigenvalue weighted by atomic mass is 9.93. The van der Waals surface area contributed by atoms with E-state index in [-0.39, 0.29) is 41.6 Å². The molecule has 3 aliphatic rings. The number of benzene rings is 1. The van der Waals surface area contributed by atoms with E-state index in [0.29, 0.717) is 12.5 Å². The van der Waals surface area contributed by atoms with E-state index < -0.39 is 11.4 Å². The van der Waals surface area contributed by atoms with Gasteiger partial charge in [-0.1, -0.05) is 43.2 Å². The van der Waals surface area contributed by atoms with Gasteiger partial charge in [-0.3, -0.25) is 9.59 Å². The summed E-state index contributed by atoms with van der Waals surface area (Å²) < 4.78 is 7.47. The van der Waals surface area contributed by atoms with Crippen LogP contribution in [0.25, 0.3) is 0 Å². The lowest BCUT2D eigenvalue weighted by molar-refractivity contribution is 0.0519. The second kappa shape index (κ2) is 7.31. The molecule has 1 N–H and O–H groups in total. The molecule has 3 atom stereocenters. The van der Waals surface area contributed by atoms with Gasteiger partial charge < -0.3 is 19.3 Å². The van der Waals surface area contributed by atoms with Gasteiger partial charge in [-0.05, 0) is 30.7 Å². The molecule has 0 radical (unpaired) electrons. The van der Waals surface area contributed by atoms with Gasteiger partial charge in [0.1, 0.15) is 12.2 Å². The second-order valence-corrected chi connectivity index (χ2v) is 8.50. The Labute approximate surface area is 173 Å². The quantitative estimate of drug-likeness (QED) is 0.840. The van der Waals surface area contributed by atoms with Gasteiger partial charge >= 0.3 is 5.97 Å². The van der Waals surface area contributed by atoms with Crippen LogP contribution in [0.1, 0.15) is 58.5 Å². The van der Waals surface area contributed by atoms with Crippen molar-refractivity contribution in [2.75, 3.05) is 0 Å². The molecule has 1 saturated carbocycles. The summed E-state index contributed by atoms with van der Waals surface area (Å²) in [6, 6.07) is 9.56. The van der Waals surface area contributed by atoms with Crippen LogP contribution in [0, 0.1) is 5.92 Å². The van der Waals surface area contributed by atoms with E-state index >= 15 is 0 Å². The molecule has 1 saturated heterocycles. The van der Waals surface area contributed by atoms with E-state index in [2.05, 4.69) is 0 Å². The summed E-state index contributed by atoms with van der Waals surface area (Å²) in [7, 11) is 0. The van der Waals surface area contributed by atoms with Crippen LogP contribution < -0.4 is 10.2 Å². The number of nitrogens with zero attached hydrogens (tertiary/aromatic N) is 2. The Morgan fingerprint density at radius 3 is 2.67 bits per heavy atom. The number of fused-ring (bicyclic) bond motifs is 6. The van der Waals surface area contributed by atoms with Crippen LogP contribution in [-0.4, -0.2) is 38.5 Å². The Morgan fingerprint density at radius 2 is 1.90 bits per heavy atom. The number of rotatable bonds is 4. The summed E-state index contributed by atoms with van der Waals surface area (Å²) in [5.74, 6) is -1.24. The molecule has 3 heterocycles. The van der Waals surface area contributed by atoms with Crippen LogP contribution in [0.5, 0.6) is 5.75 Å². The van der Waals surface area contributed by atoms with E-state index in [0.717, 1.165) is 31.2 Å². The zero-order chi connectivity index (χ0) is 20.8. The van der Waals surface area contributed by atoms with Crippen LogP contribution in [0.15, 0.2) is 41.3 Å². The molecule has 30 heavy (non-hydrogen) atoms. The Kier molecular flexibility index (Phi) is 4.60. The maximum Gasteiger partial charge on any atom is 0.341 e. The van der Waals surface area contributed by atoms with Crippen molar-refractivity contribution in [1.82, 2.24) is 9.47 Å². The molecule has 0 spiro atoms. The molecule has 5 rings (SSSR count). The highest BCUT2D eigenvalue weighted by Crippen LogP contribution is 2.43. The molecule has 156 valence electrons. The molecule has 7 nitrogen and oxygen atoms in total. The summed E-state index contributed by atoms with van der Waals surface area (Å²) in [6.07, 6.45) is 6.66. The van der Waals surface area contributed by atoms with E-state index in [9.17, 15) is 19.5 Å². The van der Waals surface area contributed by atoms with Crippen molar-refractivity contribution in [3.63, 3.8) is 0 Å². The fourth-order valence-electron chi connectivity index (χ4n) is 5.37. The van der Waals surface area contributed by atoms with Crippen LogP contribution >= 0.6 is 0 Å². The minimum absolute atomic E-state index is 0.0569. The van der Waals surface area contributed by atoms with Gasteiger partial charge in [0.15, 0.2) is 11.4 Å². The molecular weight excluding hydrogens is 384 g/mol. The van der Waals surface area contributed by atoms with Crippen LogP contribution in [0.3, 0.4) is 0 Å². The first-order chi connectivity index (χ1) is 14.5. The van der Waals surface area contributed by atoms with Crippen molar-refractivity contribution in [2.45, 2.75) is 57.3 Å². The predicted octanol–water partition coefficient (Wildman–Crippen LogP) is 2.91. The predicted molar refractivity (Wildman–Crippen MR) is 109 cm³/mol. The number of hydrogen-bond donors (Lipinski definition) is 1. The standard InChI is InChI=1S/C23H24N2O5/c26-20-17(23(28)29)11-24-12-18-15-8-4-5-9-16(10-15)25(18)22(27)19(24)21(20)30-13-14-6-2-1-3-7-14/h1-3,6-7,11,15-16,18H,4-5,8-10,12-13H2,(H,28,29)/t15?,16-,18?/m1/s1. The lowest BCUT2D eigenvalue weighted by Gasteiger charge is -2.39. The molecule has 1 aromatic heterocycles. The molecule has 2 unspecified atom stereocenters. The normalized spacial score (nSPS) is 24.7. The average molecular weight is 408 g/mol. The Morgan fingerprint density at radius 1 is 1.13 bits per heavy atom. The average Bonchev–Trinajstić information content (AvgIpc) is 2.91. The molecule has 1 aromatic carbocycles. The molecule has 2 bridgehead atoms. The zero-order valence-corrected chi connectivity index (χ0v) is 16.6. The molecular formula is C23H24N2O5. The second-order valence-electron chi connectivity index (χ2n) is 8.50. The van der Waals surface area contributed by atoms with Gasteiger partial charge in [-0.15, -0.1) is 0 Å². The number of carboxylic acids is 1. The Balaban J connectivity index is 1.59. The fourth-order valence-corrected chi connectivity index (χ4v) is 5.37. The third kappa shape index (κ3) is 3.00. The monoisotopic (exact) mass is 408 g/mol. The fraction of sp³-hybridized carbons (Fsp3) is 0.435. The number of hydrogen-bond acceptors (Lipinski definition) is 4. The first-order valence-corrected chi connectivity index (χ1v) is 10.5. The first-order valence-electron chi connectivity index (χ1n) is 10.5. The Bertz CT molecular complexity index is 1060. The minimum Gasteiger partial charge on any atom is -0.483 e. The van der Waals surface area contributed by atoms with Crippen LogP contribution in [-0.2, 0) is 13.2 Å². The Hall–Kier alpha value is -3.09. The van der Waals surface area contributed by atoms with E-state index in [1.807, 2.05) is 35.2 Å². The molecule has 2 aromatic rings. The summed E-state index contributed by atoms with van der Waals surface area (Å²) in [4.78, 5) is 40.2. The molecule has 7 heteroatoms. The van der Waals surface area contributed by atoms with Gasteiger partial charge in [0, 0.05) is 18.8 Å². The third-order valence-electron chi connectivity index (χ3n) is 6.75. The number of carboxylic acid groups (broad SMARTS) is 1. The van der Waals surface area contributed by atoms with Gasteiger partial charge in [0.2, 0.25) is 5.43 Å². The highest BCUT2D eigenvalue weighted by Gasteiger charge is 2.49. The third-order valence-corrected chi connectivity index (χ3v) is 6.75. The summed E-state index contributed by atoms with van der Waals surface area (Å²) in [5.41, 5.74) is -0.0773. The van der Waals surface area contributed by atoms with Crippen molar-refractivity contribution in [3.05, 3.63) is 63.6 Å². The summed E-state index contributed by atoms with van der Waals surface area (Å²) in [5, 5.41) is 9.55. The SMILES string of the molecule is O=C(O)c1cn2c(c(OCc3ccccc3)c1=O)C(=O)N1C(C2)C2CCCC[C@@H]1C2. The van der Waals surface area contributed by atoms with Crippen molar-refractivity contribution < 1.29 is 19.4 Å². The van der Waals surface area contributed by atoms with Crippen LogP contribution in [0.4, 0.5) is 0 Å². The number of aromatic nitrogens is 1. The van der Waals surface area contributed by atoms with Crippen molar-refractivity contribution in [2.24, 2.45) is 5.92 Å². The van der Waals surface area contributed by atoms with Gasteiger partial charge in [-0.2, -0.15) is 0 Å². The van der Waals surface area contributed by atoms with Crippen molar-refractivity contribution in [3.8, 4) is 5.75 Å². The topological polar surface area (TPSA) is 88.8 Å². The minimum atomic E-state index is -1.31. The molecule has 2 aliphatic heterocycles. The highest BCUT2D eigenvalue weighted by atomic mass is 16.5. The highest BCUT2D eigenvalue weighted by molar-refractivity contribution is 5.98. The van der Waals surface area contributed by atoms with Crippen molar-refractivity contribution in [1.29, 1.82) is 0 Å². The number of aromatic carboxylic acids is 1. The number of ether oxygens (including phenoxy) is 1. The number of pyridine rings is 1. The maximum absolute atomic E-state index is 13.6. The maximum atomic E-state index is 13.6. The van der Waals surface area contributed by atoms with E-state index in [1.54, 1.807) is 4.57 Å². The largest absolute Gasteiger partial charge is 0.483 e. The summed E-state index contributed by atoms with van der Waals surface area (Å²) in [6.45, 7) is 0.597. The number of amides is 1. The van der Waals surface area contributed by atoms with Gasteiger partial charge in [0.25, 0.3) is 5.91 Å². The van der Waals surface area contributed by atoms with Gasteiger partial charge in [-0.25, -0.2) is 4.79 Å². The zero-order valence-electron chi connectivity index (χ0n) is 16.6. The van der Waals surface area contributed by atoms with Gasteiger partial charge in [0.05, 0.1) is 6.04 Å². The van der Waals surface area contributed by atoms with E-state index in [1.165, 1.54) is 12.6 Å². The molecule has 1 aliphatic carbocycles. The smallest absolute Gasteiger partial charge is 0.341 e. The first kappa shape index (κ1) is 18.9. The lowest BCUT2D eigenvalue weighted by Crippen LogP contribution is -2.51. The summed E-state index contributed by atoms with van der Waals surface area (Å²) >= 11 is 0. The van der Waals surface area contributed by atoms with Crippen LogP contribution in [0.2, 0.25) is 0 Å². The van der Waals surface area contributed by atoms with Crippen molar-refractivity contribution >= 4 is 11.9 Å². The number of carbonyl (C=O) groups is 2. The molecule has 1 amide bonds. The molecule has 2 fully saturated rings. The number of carbonyl (C=O) groups excluding carboxylic acids is 1. The van der Waals surface area contributed by atoms with E-state index in [4.69, 9.17) is 4.74 Å².